The molecular weight excluding hydrogens is 529 g/mol. The van der Waals surface area contributed by atoms with E-state index in [1.54, 1.807) is 27.4 Å². The van der Waals surface area contributed by atoms with Crippen molar-refractivity contribution < 1.29 is 19.3 Å². The first-order chi connectivity index (χ1) is 13.5. The molecule has 1 aromatic heterocycles. The highest BCUT2D eigenvalue weighted by atomic mass is 127. The summed E-state index contributed by atoms with van der Waals surface area (Å²) in [5, 5.41) is 16.6. The summed E-state index contributed by atoms with van der Waals surface area (Å²) in [5.74, 6) is 2.28. The molecule has 1 heterocycles. The molecule has 2 rings (SSSR count). The second kappa shape index (κ2) is 13.0. The number of aliphatic hydroxyl groups excluding tert-OH is 1. The van der Waals surface area contributed by atoms with Crippen molar-refractivity contribution in [3.63, 3.8) is 0 Å². The molecule has 2 aromatic rings. The van der Waals surface area contributed by atoms with E-state index in [9.17, 15) is 5.11 Å². The molecule has 0 bridgehead atoms. The van der Waals surface area contributed by atoms with Gasteiger partial charge in [-0.05, 0) is 31.2 Å². The van der Waals surface area contributed by atoms with Gasteiger partial charge >= 0.3 is 0 Å². The number of aliphatic hydroxyl groups is 1. The van der Waals surface area contributed by atoms with Crippen molar-refractivity contribution in [2.45, 2.75) is 19.6 Å². The average Bonchev–Trinajstić information content (AvgIpc) is 3.15. The van der Waals surface area contributed by atoms with Crippen molar-refractivity contribution >= 4 is 52.9 Å². The van der Waals surface area contributed by atoms with Crippen LogP contribution in [-0.4, -0.2) is 45.5 Å². The topological polar surface area (TPSA) is 84.3 Å². The molecule has 0 radical (unpaired) electrons. The highest BCUT2D eigenvalue weighted by Gasteiger charge is 2.16. The first kappa shape index (κ1) is 25.6. The summed E-state index contributed by atoms with van der Waals surface area (Å²) in [6, 6.07) is 7.29. The average molecular weight is 556 g/mol. The Bertz CT molecular complexity index is 804. The fraction of sp³-hybridized carbons (Fsp3) is 0.421. The minimum atomic E-state index is -0.669. The zero-order chi connectivity index (χ0) is 20.5. The predicted molar refractivity (Wildman–Crippen MR) is 129 cm³/mol. The largest absolute Gasteiger partial charge is 0.493 e. The van der Waals surface area contributed by atoms with Crippen molar-refractivity contribution in [3.8, 4) is 17.2 Å². The van der Waals surface area contributed by atoms with Crippen molar-refractivity contribution in [3.05, 3.63) is 39.0 Å². The molecule has 0 aliphatic carbocycles. The van der Waals surface area contributed by atoms with Gasteiger partial charge < -0.3 is 30.0 Å². The monoisotopic (exact) mass is 555 g/mol. The lowest BCUT2D eigenvalue weighted by Crippen LogP contribution is -2.39. The van der Waals surface area contributed by atoms with Crippen LogP contribution in [0.25, 0.3) is 0 Å². The third-order valence-corrected chi connectivity index (χ3v) is 5.26. The number of benzene rings is 1. The van der Waals surface area contributed by atoms with Crippen LogP contribution in [0.15, 0.2) is 29.3 Å². The molecule has 1 aromatic carbocycles. The van der Waals surface area contributed by atoms with E-state index in [4.69, 9.17) is 25.8 Å². The smallest absolute Gasteiger partial charge is 0.203 e. The number of ether oxygens (including phenoxy) is 3. The van der Waals surface area contributed by atoms with Crippen molar-refractivity contribution in [2.75, 3.05) is 34.4 Å². The summed E-state index contributed by atoms with van der Waals surface area (Å²) < 4.78 is 16.9. The quantitative estimate of drug-likeness (QED) is 0.248. The van der Waals surface area contributed by atoms with E-state index < -0.39 is 6.10 Å². The van der Waals surface area contributed by atoms with Gasteiger partial charge in [0.2, 0.25) is 5.75 Å². The van der Waals surface area contributed by atoms with E-state index >= 15 is 0 Å². The molecule has 0 saturated heterocycles. The standard InChI is InChI=1S/C19H26ClN3O4S.HI/c1-5-21-19(23-11-13(24)15-8-9-16(20)28-15)22-10-12-6-7-14(25-2)18(27-4)17(12)26-3;/h6-9,13,24H,5,10-11H2,1-4H3,(H2,21,22,23);1H. The van der Waals surface area contributed by atoms with Gasteiger partial charge in [-0.25, -0.2) is 4.99 Å². The number of methoxy groups -OCH3 is 3. The number of halogens is 2. The molecule has 0 aliphatic rings. The molecule has 0 spiro atoms. The maximum Gasteiger partial charge on any atom is 0.203 e. The zero-order valence-electron chi connectivity index (χ0n) is 16.8. The van der Waals surface area contributed by atoms with E-state index in [-0.39, 0.29) is 24.0 Å². The predicted octanol–water partition coefficient (Wildman–Crippen LogP) is 3.83. The summed E-state index contributed by atoms with van der Waals surface area (Å²) in [5.41, 5.74) is 0.850. The van der Waals surface area contributed by atoms with Crippen LogP contribution in [0.1, 0.15) is 23.5 Å². The highest BCUT2D eigenvalue weighted by molar-refractivity contribution is 14.0. The normalized spacial score (nSPS) is 12.0. The van der Waals surface area contributed by atoms with Gasteiger partial charge in [0.05, 0.1) is 32.2 Å². The number of nitrogens with one attached hydrogen (secondary N) is 2. The summed E-state index contributed by atoms with van der Waals surface area (Å²) in [7, 11) is 4.72. The second-order valence-electron chi connectivity index (χ2n) is 5.73. The molecule has 29 heavy (non-hydrogen) atoms. The Morgan fingerprint density at radius 2 is 1.83 bits per heavy atom. The lowest BCUT2D eigenvalue weighted by Gasteiger charge is -2.16. The molecule has 0 aliphatic heterocycles. The molecule has 162 valence electrons. The molecular formula is C19H27ClIN3O4S. The minimum absolute atomic E-state index is 0. The van der Waals surface area contributed by atoms with Crippen LogP contribution >= 0.6 is 46.9 Å². The minimum Gasteiger partial charge on any atom is -0.493 e. The number of rotatable bonds is 9. The number of hydrogen-bond donors (Lipinski definition) is 3. The number of thiophene rings is 1. The fourth-order valence-corrected chi connectivity index (χ4v) is 3.64. The van der Waals surface area contributed by atoms with Crippen LogP contribution in [-0.2, 0) is 6.54 Å². The van der Waals surface area contributed by atoms with E-state index in [0.29, 0.717) is 47.2 Å². The lowest BCUT2D eigenvalue weighted by atomic mass is 10.1. The van der Waals surface area contributed by atoms with E-state index in [0.717, 1.165) is 10.4 Å². The van der Waals surface area contributed by atoms with Gasteiger partial charge in [0.25, 0.3) is 0 Å². The van der Waals surface area contributed by atoms with E-state index in [1.807, 2.05) is 25.1 Å². The van der Waals surface area contributed by atoms with Crippen molar-refractivity contribution in [2.24, 2.45) is 4.99 Å². The molecule has 0 amide bonds. The molecule has 1 unspecified atom stereocenters. The maximum atomic E-state index is 10.3. The van der Waals surface area contributed by atoms with Gasteiger partial charge in [-0.3, -0.25) is 0 Å². The highest BCUT2D eigenvalue weighted by Crippen LogP contribution is 2.39. The van der Waals surface area contributed by atoms with Crippen LogP contribution in [0.4, 0.5) is 0 Å². The van der Waals surface area contributed by atoms with Gasteiger partial charge in [0, 0.05) is 23.5 Å². The number of aliphatic imine (C=N–C) groups is 1. The molecule has 0 saturated carbocycles. The van der Waals surface area contributed by atoms with Crippen molar-refractivity contribution in [1.82, 2.24) is 10.6 Å². The van der Waals surface area contributed by atoms with Gasteiger partial charge in [0.1, 0.15) is 6.10 Å². The SMILES string of the molecule is CCNC(=NCc1ccc(OC)c(OC)c1OC)NCC(O)c1ccc(Cl)s1.I. The summed E-state index contributed by atoms with van der Waals surface area (Å²) in [6.45, 7) is 3.34. The van der Waals surface area contributed by atoms with Crippen LogP contribution < -0.4 is 24.8 Å². The Kier molecular flexibility index (Phi) is 11.5. The van der Waals surface area contributed by atoms with Gasteiger partial charge in [-0.2, -0.15) is 0 Å². The summed E-state index contributed by atoms with van der Waals surface area (Å²) in [4.78, 5) is 5.38. The summed E-state index contributed by atoms with van der Waals surface area (Å²) >= 11 is 7.29. The fourth-order valence-electron chi connectivity index (χ4n) is 2.59. The third-order valence-electron chi connectivity index (χ3n) is 3.92. The molecule has 3 N–H and O–H groups in total. The number of nitrogens with zero attached hydrogens (tertiary/aromatic N) is 1. The summed E-state index contributed by atoms with van der Waals surface area (Å²) in [6.07, 6.45) is -0.669. The van der Waals surface area contributed by atoms with Crippen LogP contribution in [0, 0.1) is 0 Å². The van der Waals surface area contributed by atoms with Crippen LogP contribution in [0.3, 0.4) is 0 Å². The molecule has 10 heteroatoms. The van der Waals surface area contributed by atoms with Crippen LogP contribution in [0.5, 0.6) is 17.2 Å². The first-order valence-corrected chi connectivity index (χ1v) is 9.96. The van der Waals surface area contributed by atoms with Crippen molar-refractivity contribution in [1.29, 1.82) is 0 Å². The molecule has 0 fully saturated rings. The van der Waals surface area contributed by atoms with Gasteiger partial charge in [-0.1, -0.05) is 11.6 Å². The van der Waals surface area contributed by atoms with Gasteiger partial charge in [0.15, 0.2) is 17.5 Å². The van der Waals surface area contributed by atoms with Crippen LogP contribution in [0.2, 0.25) is 4.34 Å². The van der Waals surface area contributed by atoms with E-state index in [1.165, 1.54) is 11.3 Å². The Morgan fingerprint density at radius 3 is 2.38 bits per heavy atom. The Balaban J connectivity index is 0.00000420. The second-order valence-corrected chi connectivity index (χ2v) is 7.47. The first-order valence-electron chi connectivity index (χ1n) is 8.77. The molecule has 1 atom stereocenters. The Hall–Kier alpha value is -1.43. The maximum absolute atomic E-state index is 10.3. The molecule has 7 nitrogen and oxygen atoms in total. The van der Waals surface area contributed by atoms with E-state index in [2.05, 4.69) is 15.6 Å². The Morgan fingerprint density at radius 1 is 1.10 bits per heavy atom. The third kappa shape index (κ3) is 7.09. The number of guanidine groups is 1. The number of hydrogen-bond acceptors (Lipinski definition) is 6. The zero-order valence-corrected chi connectivity index (χ0v) is 20.7. The van der Waals surface area contributed by atoms with Gasteiger partial charge in [-0.15, -0.1) is 35.3 Å². The Labute approximate surface area is 197 Å². The lowest BCUT2D eigenvalue weighted by molar-refractivity contribution is 0.184.